The van der Waals surface area contributed by atoms with E-state index >= 15 is 0 Å². The quantitative estimate of drug-likeness (QED) is 0.758. The van der Waals surface area contributed by atoms with Crippen LogP contribution in [0.2, 0.25) is 0 Å². The smallest absolute Gasteiger partial charge is 0.227 e. The monoisotopic (exact) mass is 375 g/mol. The molecule has 1 amide bonds. The van der Waals surface area contributed by atoms with Gasteiger partial charge in [0.1, 0.15) is 0 Å². The van der Waals surface area contributed by atoms with Gasteiger partial charge in [-0.25, -0.2) is 0 Å². The van der Waals surface area contributed by atoms with Crippen LogP contribution in [0.3, 0.4) is 0 Å². The van der Waals surface area contributed by atoms with Crippen molar-refractivity contribution in [1.29, 1.82) is 0 Å². The van der Waals surface area contributed by atoms with Gasteiger partial charge in [0.15, 0.2) is 0 Å². The summed E-state index contributed by atoms with van der Waals surface area (Å²) in [5, 5.41) is 12.7. The zero-order valence-corrected chi connectivity index (χ0v) is 15.3. The average molecular weight is 376 g/mol. The fourth-order valence-electron chi connectivity index (χ4n) is 3.45. The summed E-state index contributed by atoms with van der Waals surface area (Å²) < 4.78 is 0. The van der Waals surface area contributed by atoms with Crippen molar-refractivity contribution in [3.8, 4) is 0 Å². The number of halogens is 2. The Hall–Kier alpha value is -1.01. The first-order valence-corrected chi connectivity index (χ1v) is 8.22. The maximum Gasteiger partial charge on any atom is 0.227 e. The van der Waals surface area contributed by atoms with Gasteiger partial charge in [-0.2, -0.15) is 0 Å². The van der Waals surface area contributed by atoms with E-state index in [0.29, 0.717) is 0 Å². The Morgan fingerprint density at radius 1 is 1.12 bits per heavy atom. The maximum atomic E-state index is 12.4. The summed E-state index contributed by atoms with van der Waals surface area (Å²) in [4.78, 5) is 14.7. The van der Waals surface area contributed by atoms with E-state index in [1.54, 1.807) is 0 Å². The zero-order valence-electron chi connectivity index (χ0n) is 13.7. The van der Waals surface area contributed by atoms with Gasteiger partial charge in [-0.3, -0.25) is 4.79 Å². The Balaban J connectivity index is 0.00000144. The first-order valence-electron chi connectivity index (χ1n) is 8.22. The minimum Gasteiger partial charge on any atom is -0.393 e. The molecule has 1 aliphatic carbocycles. The van der Waals surface area contributed by atoms with Crippen LogP contribution in [0.5, 0.6) is 0 Å². The number of amides is 1. The molecule has 2 fully saturated rings. The lowest BCUT2D eigenvalue weighted by Gasteiger charge is -2.33. The van der Waals surface area contributed by atoms with Gasteiger partial charge >= 0.3 is 0 Å². The average Bonchev–Trinajstić information content (AvgIpc) is 2.95. The van der Waals surface area contributed by atoms with Crippen LogP contribution in [0.4, 0.5) is 11.4 Å². The Labute approximate surface area is 155 Å². The van der Waals surface area contributed by atoms with E-state index < -0.39 is 0 Å². The number of nitrogens with zero attached hydrogens (tertiary/aromatic N) is 1. The van der Waals surface area contributed by atoms with Gasteiger partial charge in [-0.15, -0.1) is 24.8 Å². The SMILES string of the molecule is Cl.Cl.NC1CCC(C(=O)Nc2ccccc2N2CCC(O)CC2)C1. The second-order valence-corrected chi connectivity index (χ2v) is 6.49. The summed E-state index contributed by atoms with van der Waals surface area (Å²) in [5.41, 5.74) is 7.82. The molecule has 4 N–H and O–H groups in total. The third-order valence-electron chi connectivity index (χ3n) is 4.81. The summed E-state index contributed by atoms with van der Waals surface area (Å²) >= 11 is 0. The molecule has 1 saturated heterocycles. The fourth-order valence-corrected chi connectivity index (χ4v) is 3.45. The van der Waals surface area contributed by atoms with Crippen molar-refractivity contribution in [3.05, 3.63) is 24.3 Å². The highest BCUT2D eigenvalue weighted by atomic mass is 35.5. The number of benzene rings is 1. The number of para-hydroxylation sites is 2. The van der Waals surface area contributed by atoms with Crippen LogP contribution in [-0.4, -0.2) is 36.2 Å². The van der Waals surface area contributed by atoms with Gasteiger partial charge in [0.2, 0.25) is 5.91 Å². The number of aliphatic hydroxyl groups is 1. The first kappa shape index (κ1) is 21.0. The van der Waals surface area contributed by atoms with E-state index in [1.165, 1.54) is 0 Å². The van der Waals surface area contributed by atoms with Gasteiger partial charge in [0.05, 0.1) is 17.5 Å². The van der Waals surface area contributed by atoms with Crippen LogP contribution in [0, 0.1) is 5.92 Å². The molecule has 2 unspecified atom stereocenters. The molecule has 2 aliphatic rings. The molecule has 7 heteroatoms. The van der Waals surface area contributed by atoms with Crippen molar-refractivity contribution in [1.82, 2.24) is 0 Å². The minimum atomic E-state index is -0.196. The molecular weight excluding hydrogens is 349 g/mol. The number of anilines is 2. The van der Waals surface area contributed by atoms with Gasteiger partial charge in [-0.1, -0.05) is 12.1 Å². The lowest BCUT2D eigenvalue weighted by Crippen LogP contribution is -2.36. The van der Waals surface area contributed by atoms with Crippen molar-refractivity contribution in [2.24, 2.45) is 11.7 Å². The third-order valence-corrected chi connectivity index (χ3v) is 4.81. The van der Waals surface area contributed by atoms with Gasteiger partial charge < -0.3 is 21.1 Å². The van der Waals surface area contributed by atoms with Crippen LogP contribution < -0.4 is 16.0 Å². The van der Waals surface area contributed by atoms with E-state index in [1.807, 2.05) is 24.3 Å². The molecule has 0 spiro atoms. The molecule has 3 rings (SSSR count). The number of carbonyl (C=O) groups excluding carboxylic acids is 1. The molecule has 1 aliphatic heterocycles. The third kappa shape index (κ3) is 4.99. The number of hydrogen-bond donors (Lipinski definition) is 3. The molecule has 0 radical (unpaired) electrons. The molecular formula is C17H27Cl2N3O2. The van der Waals surface area contributed by atoms with Crippen molar-refractivity contribution in [2.45, 2.75) is 44.2 Å². The Morgan fingerprint density at radius 2 is 1.79 bits per heavy atom. The van der Waals surface area contributed by atoms with Crippen molar-refractivity contribution >= 4 is 42.1 Å². The summed E-state index contributed by atoms with van der Waals surface area (Å²) in [7, 11) is 0. The first-order chi connectivity index (χ1) is 10.6. The maximum absolute atomic E-state index is 12.4. The lowest BCUT2D eigenvalue weighted by molar-refractivity contribution is -0.119. The Morgan fingerprint density at radius 3 is 2.42 bits per heavy atom. The predicted molar refractivity (Wildman–Crippen MR) is 102 cm³/mol. The van der Waals surface area contributed by atoms with E-state index in [0.717, 1.165) is 56.6 Å². The van der Waals surface area contributed by atoms with E-state index in [4.69, 9.17) is 5.73 Å². The predicted octanol–water partition coefficient (Wildman–Crippen LogP) is 2.56. The Kier molecular flexibility index (Phi) is 8.30. The second kappa shape index (κ2) is 9.47. The molecule has 1 aromatic rings. The van der Waals surface area contributed by atoms with Gasteiger partial charge in [0, 0.05) is 25.0 Å². The number of aliphatic hydroxyl groups excluding tert-OH is 1. The van der Waals surface area contributed by atoms with E-state index in [-0.39, 0.29) is 48.8 Å². The molecule has 2 atom stereocenters. The normalized spacial score (nSPS) is 24.0. The molecule has 1 heterocycles. The van der Waals surface area contributed by atoms with Crippen LogP contribution in [0.15, 0.2) is 24.3 Å². The minimum absolute atomic E-state index is 0. The highest BCUT2D eigenvalue weighted by Gasteiger charge is 2.28. The number of nitrogens with one attached hydrogen (secondary N) is 1. The molecule has 1 saturated carbocycles. The van der Waals surface area contributed by atoms with Crippen molar-refractivity contribution < 1.29 is 9.90 Å². The number of hydrogen-bond acceptors (Lipinski definition) is 4. The molecule has 136 valence electrons. The summed E-state index contributed by atoms with van der Waals surface area (Å²) in [6.07, 6.45) is 3.95. The fraction of sp³-hybridized carbons (Fsp3) is 0.588. The van der Waals surface area contributed by atoms with Crippen molar-refractivity contribution in [3.63, 3.8) is 0 Å². The van der Waals surface area contributed by atoms with E-state index in [2.05, 4.69) is 10.2 Å². The van der Waals surface area contributed by atoms with Gasteiger partial charge in [0.25, 0.3) is 0 Å². The number of piperidine rings is 1. The van der Waals surface area contributed by atoms with E-state index in [9.17, 15) is 9.90 Å². The number of carbonyl (C=O) groups is 1. The molecule has 0 bridgehead atoms. The standard InChI is InChI=1S/C17H25N3O2.2ClH/c18-13-6-5-12(11-13)17(22)19-15-3-1-2-4-16(15)20-9-7-14(21)8-10-20;;/h1-4,12-14,21H,5-11,18H2,(H,19,22);2*1H. The highest BCUT2D eigenvalue weighted by molar-refractivity contribution is 5.96. The van der Waals surface area contributed by atoms with Crippen molar-refractivity contribution in [2.75, 3.05) is 23.3 Å². The molecule has 0 aromatic heterocycles. The zero-order chi connectivity index (χ0) is 15.5. The largest absolute Gasteiger partial charge is 0.393 e. The second-order valence-electron chi connectivity index (χ2n) is 6.49. The number of rotatable bonds is 3. The molecule has 24 heavy (non-hydrogen) atoms. The molecule has 5 nitrogen and oxygen atoms in total. The van der Waals surface area contributed by atoms with Crippen LogP contribution >= 0.6 is 24.8 Å². The van der Waals surface area contributed by atoms with Crippen LogP contribution in [-0.2, 0) is 4.79 Å². The number of nitrogens with two attached hydrogens (primary N) is 1. The van der Waals surface area contributed by atoms with Crippen LogP contribution in [0.25, 0.3) is 0 Å². The molecule has 1 aromatic carbocycles. The Bertz CT molecular complexity index is 536. The summed E-state index contributed by atoms with van der Waals surface area (Å²) in [5.74, 6) is 0.115. The van der Waals surface area contributed by atoms with Gasteiger partial charge in [-0.05, 0) is 44.2 Å². The topological polar surface area (TPSA) is 78.6 Å². The lowest BCUT2D eigenvalue weighted by atomic mass is 10.1. The summed E-state index contributed by atoms with van der Waals surface area (Å²) in [6.45, 7) is 1.64. The van der Waals surface area contributed by atoms with Crippen LogP contribution in [0.1, 0.15) is 32.1 Å². The highest BCUT2D eigenvalue weighted by Crippen LogP contribution is 2.31. The summed E-state index contributed by atoms with van der Waals surface area (Å²) in [6, 6.07) is 8.08.